The molecule has 7 fully saturated rings. The first-order valence-electron chi connectivity index (χ1n) is 27.8. The number of hydrogen-bond donors (Lipinski definition) is 0. The van der Waals surface area contributed by atoms with Crippen LogP contribution in [0.4, 0.5) is 26.3 Å². The lowest BCUT2D eigenvalue weighted by molar-refractivity contribution is -0.183. The van der Waals surface area contributed by atoms with E-state index in [1.54, 1.807) is 31.2 Å². The number of sulfone groups is 7. The second-order valence-corrected chi connectivity index (χ2v) is 50.1. The Bertz CT molecular complexity index is 4620. The monoisotopic (exact) mass is 1740 g/mol. The van der Waals surface area contributed by atoms with E-state index < -0.39 is 247 Å². The lowest BCUT2D eigenvalue weighted by Gasteiger charge is -2.19. The van der Waals surface area contributed by atoms with Crippen LogP contribution in [-0.4, -0.2) is 303 Å². The van der Waals surface area contributed by atoms with E-state index in [1.807, 2.05) is 13.0 Å². The van der Waals surface area contributed by atoms with Crippen LogP contribution in [0.5, 0.6) is 0 Å². The Morgan fingerprint density at radius 3 is 1.17 bits per heavy atom. The van der Waals surface area contributed by atoms with Crippen molar-refractivity contribution < 1.29 is 173 Å². The molecule has 1 aromatic rings. The molecular formula is C45H76F6O35S14. The van der Waals surface area contributed by atoms with Gasteiger partial charge in [-0.15, -0.1) is 0 Å². The summed E-state index contributed by atoms with van der Waals surface area (Å²) in [5, 5.41) is 0. The van der Waals surface area contributed by atoms with Gasteiger partial charge in [0.25, 0.3) is 76.7 Å². The Morgan fingerprint density at radius 1 is 0.420 bits per heavy atom. The van der Waals surface area contributed by atoms with Gasteiger partial charge in [-0.1, -0.05) is 44.2 Å². The number of halogens is 6. The van der Waals surface area contributed by atoms with Crippen molar-refractivity contribution in [3.63, 3.8) is 0 Å². The second-order valence-electron chi connectivity index (χ2n) is 23.8. The molecule has 55 heteroatoms. The highest BCUT2D eigenvalue weighted by Gasteiger charge is 2.56. The molecule has 592 valence electrons. The van der Waals surface area contributed by atoms with E-state index >= 15 is 0 Å². The maximum atomic E-state index is 12.9. The zero-order valence-electron chi connectivity index (χ0n) is 53.9. The van der Waals surface area contributed by atoms with Crippen LogP contribution in [0.15, 0.2) is 30.3 Å². The summed E-state index contributed by atoms with van der Waals surface area (Å²) in [5.41, 5.74) is 0.784. The van der Waals surface area contributed by atoms with Crippen molar-refractivity contribution in [2.75, 3.05) is 124 Å². The molecule has 0 N–H and O–H groups in total. The zero-order valence-corrected chi connectivity index (χ0v) is 65.3. The number of benzene rings is 1. The molecule has 7 aliphatic heterocycles. The van der Waals surface area contributed by atoms with Gasteiger partial charge in [-0.05, 0) is 24.3 Å². The van der Waals surface area contributed by atoms with Gasteiger partial charge in [0.05, 0.1) is 149 Å². The van der Waals surface area contributed by atoms with Gasteiger partial charge in [-0.25, -0.2) is 72.1 Å². The largest absolute Gasteiger partial charge is 0.395 e. The first-order valence-corrected chi connectivity index (χ1v) is 53.3. The van der Waals surface area contributed by atoms with Crippen LogP contribution >= 0.6 is 0 Å². The Morgan fingerprint density at radius 2 is 0.790 bits per heavy atom. The minimum Gasteiger partial charge on any atom is -0.266 e. The third kappa shape index (κ3) is 37.9. The summed E-state index contributed by atoms with van der Waals surface area (Å²) < 4.78 is 412. The quantitative estimate of drug-likeness (QED) is 0.120. The normalized spacial score (nSPS) is 30.6. The smallest absolute Gasteiger partial charge is 0.266 e. The predicted molar refractivity (Wildman–Crippen MR) is 345 cm³/mol. The van der Waals surface area contributed by atoms with E-state index in [0.29, 0.717) is 18.9 Å². The van der Waals surface area contributed by atoms with Crippen molar-refractivity contribution in [3.8, 4) is 0 Å². The van der Waals surface area contributed by atoms with Gasteiger partial charge in [-0.2, -0.15) is 72.1 Å². The first-order chi connectivity index (χ1) is 44.1. The molecule has 12 unspecified atom stereocenters. The van der Waals surface area contributed by atoms with Crippen LogP contribution in [0, 0.1) is 17.8 Å². The summed E-state index contributed by atoms with van der Waals surface area (Å²) in [6, 6.07) is 8.96. The Hall–Kier alpha value is -2.18. The number of alkyl halides is 6. The van der Waals surface area contributed by atoms with Crippen molar-refractivity contribution in [2.45, 2.75) is 93.6 Å². The first kappa shape index (κ1) is 93.9. The Labute approximate surface area is 580 Å². The van der Waals surface area contributed by atoms with E-state index in [0.717, 1.165) is 36.8 Å². The molecule has 12 atom stereocenters. The summed E-state index contributed by atoms with van der Waals surface area (Å²) in [5.74, 6) is -13.2. The molecule has 35 nitrogen and oxygen atoms in total. The Kier molecular flexibility index (Phi) is 32.3. The molecule has 100 heavy (non-hydrogen) atoms. The fraction of sp³-hybridized carbons (Fsp3) is 0.867. The number of hydrogen-bond acceptors (Lipinski definition) is 35. The topological polar surface area (TPSA) is 543 Å². The van der Waals surface area contributed by atoms with Gasteiger partial charge < -0.3 is 0 Å². The average molecular weight is 1740 g/mol. The average Bonchev–Trinajstić information content (AvgIpc) is 1.67. The zero-order chi connectivity index (χ0) is 78.3. The maximum Gasteiger partial charge on any atom is 0.395 e. The van der Waals surface area contributed by atoms with Crippen LogP contribution in [-0.2, 0) is 169 Å². The molecular weight excluding hydrogens is 1660 g/mol. The number of rotatable bonds is 16. The lowest BCUT2D eigenvalue weighted by Crippen LogP contribution is -2.35. The van der Waals surface area contributed by atoms with Crippen molar-refractivity contribution in [3.05, 3.63) is 35.9 Å². The predicted octanol–water partition coefficient (Wildman–Crippen LogP) is -2.69. The molecule has 0 saturated carbocycles. The van der Waals surface area contributed by atoms with Crippen LogP contribution in [0.1, 0.15) is 38.2 Å². The second kappa shape index (κ2) is 34.4. The van der Waals surface area contributed by atoms with E-state index in [2.05, 4.69) is 20.9 Å². The van der Waals surface area contributed by atoms with Crippen molar-refractivity contribution in [1.29, 1.82) is 0 Å². The summed E-state index contributed by atoms with van der Waals surface area (Å²) in [6.45, 7) is 3.49. The molecule has 0 aliphatic carbocycles. The van der Waals surface area contributed by atoms with Gasteiger partial charge in [0, 0.05) is 11.8 Å². The molecule has 1 aromatic carbocycles. The minimum absolute atomic E-state index is 0.00713. The summed E-state index contributed by atoms with van der Waals surface area (Å²) in [6.07, 6.45) is -8.29. The highest BCUT2D eigenvalue weighted by atomic mass is 32.3. The van der Waals surface area contributed by atoms with Gasteiger partial charge in [0.2, 0.25) is 0 Å². The van der Waals surface area contributed by atoms with Gasteiger partial charge in [-0.3, -0.25) is 29.3 Å². The molecule has 0 bridgehead atoms. The van der Waals surface area contributed by atoms with Crippen LogP contribution in [0.2, 0.25) is 0 Å². The molecule has 0 aromatic heterocycles. The summed E-state index contributed by atoms with van der Waals surface area (Å²) >= 11 is 0. The highest BCUT2D eigenvalue weighted by Crippen LogP contribution is 2.38. The van der Waals surface area contributed by atoms with Gasteiger partial charge >= 0.3 is 6.18 Å². The van der Waals surface area contributed by atoms with Crippen LogP contribution in [0.3, 0.4) is 0 Å². The fourth-order valence-corrected chi connectivity index (χ4v) is 27.8. The molecule has 7 aliphatic rings. The van der Waals surface area contributed by atoms with E-state index in [4.69, 9.17) is 8.37 Å². The van der Waals surface area contributed by atoms with E-state index in [9.17, 15) is 144 Å². The van der Waals surface area contributed by atoms with Crippen LogP contribution < -0.4 is 0 Å². The molecule has 0 amide bonds. The summed E-state index contributed by atoms with van der Waals surface area (Å²) in [7, 11) is -50.1. The van der Waals surface area contributed by atoms with Crippen molar-refractivity contribution in [2.24, 2.45) is 17.8 Å². The van der Waals surface area contributed by atoms with Gasteiger partial charge in [0.1, 0.15) is 24.1 Å². The Balaban J connectivity index is 0.000000398. The molecule has 7 saturated heterocycles. The maximum absolute atomic E-state index is 12.9. The molecule has 0 radical (unpaired) electrons. The van der Waals surface area contributed by atoms with Crippen molar-refractivity contribution in [1.82, 2.24) is 0 Å². The third-order valence-corrected chi connectivity index (χ3v) is 29.8. The minimum atomic E-state index is -4.79. The molecule has 0 spiro atoms. The lowest BCUT2D eigenvalue weighted by atomic mass is 9.97. The standard InChI is InChI=1S/C11H14O5S2.C7H14O5S2.C6H9F3O5S2.C6H12O5S2.C5H8F2O5S2.C5H9FO5S2.C5H10O5S2/c1-17(12,13)16-11-8-18(14,15)7-10(11)9-5-3-2-4-6-9;1-3-6-4-14(10,11)5-7(6)12-13(2,8)9;1-15(10,11)14-5-3-16(12,13)2-4(5)6(7,8)9;1-5-3-13(9,10)4-6(5)11-12(2,7)8;1-13(8,9)12-4-2-14(10,11)3-5(4,6)7;1-12(7,8)11-5-3-13(9,10)2-4(5)6;1-11(6,7)10-5-2-3-12(8,9)4-5/h2-6,10-11H,7-8H2,1H3;6-7H,3-5H2,1-2H3;4-5H,2-3H2,1H3;5-6H,3-4H2,1-2H3;4H,2-3H2,1H3;4-5H,2-3H2,1H3;5H,2-4H2,1H3. The molecule has 7 heterocycles. The summed E-state index contributed by atoms with van der Waals surface area (Å²) in [4.78, 5) is 0. The van der Waals surface area contributed by atoms with E-state index in [1.165, 1.54) is 0 Å². The van der Waals surface area contributed by atoms with Crippen molar-refractivity contribution >= 4 is 140 Å². The highest BCUT2D eigenvalue weighted by molar-refractivity contribution is 7.94. The van der Waals surface area contributed by atoms with Crippen LogP contribution in [0.25, 0.3) is 0 Å². The van der Waals surface area contributed by atoms with Gasteiger partial charge in [0.15, 0.2) is 75.0 Å². The molecule has 8 rings (SSSR count). The fourth-order valence-electron chi connectivity index (χ4n) is 9.80. The SMILES string of the molecule is CC1CS(=O)(=O)CC1OS(C)(=O)=O.CCC1CS(=O)(=O)CC1OS(C)(=O)=O.CS(=O)(=O)OC1CCS(=O)(=O)C1.CS(=O)(=O)OC1CS(=O)(=O)CC1(F)F.CS(=O)(=O)OC1CS(=O)(=O)CC1C(F)(F)F.CS(=O)(=O)OC1CS(=O)(=O)CC1F.CS(=O)(=O)OC1CS(=O)(=O)CC1c1ccccc1. The van der Waals surface area contributed by atoms with E-state index in [-0.39, 0.29) is 64.3 Å². The third-order valence-electron chi connectivity index (χ3n) is 13.6.